The largest absolute Gasteiger partial charge is 0.465 e. The molecule has 1 aliphatic rings. The summed E-state index contributed by atoms with van der Waals surface area (Å²) in [6, 6.07) is 6.07. The Bertz CT molecular complexity index is 614. The van der Waals surface area contributed by atoms with Gasteiger partial charge in [0.2, 0.25) is 0 Å². The van der Waals surface area contributed by atoms with Crippen LogP contribution in [0.15, 0.2) is 24.3 Å². The molecule has 0 radical (unpaired) electrons. The zero-order valence-corrected chi connectivity index (χ0v) is 11.7. The van der Waals surface area contributed by atoms with Crippen LogP contribution >= 0.6 is 0 Å². The number of ketones is 3. The minimum atomic E-state index is -2.22. The normalized spacial score (nSPS) is 17.3. The van der Waals surface area contributed by atoms with Crippen molar-refractivity contribution in [2.24, 2.45) is 11.7 Å². The van der Waals surface area contributed by atoms with Crippen LogP contribution in [-0.4, -0.2) is 35.5 Å². The van der Waals surface area contributed by atoms with Crippen molar-refractivity contribution in [3.8, 4) is 0 Å². The van der Waals surface area contributed by atoms with Gasteiger partial charge in [-0.1, -0.05) is 24.3 Å². The van der Waals surface area contributed by atoms with Gasteiger partial charge >= 0.3 is 5.97 Å². The van der Waals surface area contributed by atoms with Crippen molar-refractivity contribution in [3.63, 3.8) is 0 Å². The highest BCUT2D eigenvalue weighted by Gasteiger charge is 2.59. The summed E-state index contributed by atoms with van der Waals surface area (Å²) < 4.78 is 4.79. The van der Waals surface area contributed by atoms with Crippen LogP contribution in [0.4, 0.5) is 0 Å². The number of fused-ring (bicyclic) bond motifs is 1. The van der Waals surface area contributed by atoms with Gasteiger partial charge in [0.05, 0.1) is 6.61 Å². The molecule has 1 aromatic carbocycles. The summed E-state index contributed by atoms with van der Waals surface area (Å²) in [5.74, 6) is -4.72. The molecule has 1 aliphatic carbocycles. The van der Waals surface area contributed by atoms with Gasteiger partial charge in [0.25, 0.3) is 0 Å². The van der Waals surface area contributed by atoms with Crippen molar-refractivity contribution >= 4 is 23.3 Å². The molecule has 1 aromatic rings. The fourth-order valence-corrected chi connectivity index (χ4v) is 2.59. The predicted molar refractivity (Wildman–Crippen MR) is 72.8 cm³/mol. The standard InChI is InChI=1S/C15H15NO5/c1-3-21-14(20)11(8(2)17)15(16)12(18)9-6-4-5-7-10(9)13(15)19/h4-7,11H,3,16H2,1-2H3. The minimum Gasteiger partial charge on any atom is -0.465 e. The number of benzene rings is 1. The van der Waals surface area contributed by atoms with E-state index in [1.807, 2.05) is 0 Å². The Labute approximate surface area is 121 Å². The second kappa shape index (κ2) is 5.21. The Morgan fingerprint density at radius 3 is 2.05 bits per heavy atom. The quantitative estimate of drug-likeness (QED) is 0.640. The number of esters is 1. The fraction of sp³-hybridized carbons (Fsp3) is 0.333. The Morgan fingerprint density at radius 1 is 1.19 bits per heavy atom. The van der Waals surface area contributed by atoms with E-state index < -0.39 is 34.8 Å². The van der Waals surface area contributed by atoms with Gasteiger partial charge in [-0.15, -0.1) is 0 Å². The Kier molecular flexibility index (Phi) is 3.74. The predicted octanol–water partition coefficient (Wildman–Crippen LogP) is 0.531. The van der Waals surface area contributed by atoms with Crippen LogP contribution in [0.25, 0.3) is 0 Å². The van der Waals surface area contributed by atoms with E-state index in [2.05, 4.69) is 0 Å². The molecular formula is C15H15NO5. The van der Waals surface area contributed by atoms with E-state index in [1.165, 1.54) is 12.1 Å². The lowest BCUT2D eigenvalue weighted by molar-refractivity contribution is -0.152. The molecule has 0 fully saturated rings. The van der Waals surface area contributed by atoms with E-state index in [-0.39, 0.29) is 17.7 Å². The van der Waals surface area contributed by atoms with E-state index in [0.717, 1.165) is 6.92 Å². The third-order valence-corrected chi connectivity index (χ3v) is 3.55. The van der Waals surface area contributed by atoms with Crippen LogP contribution in [0.2, 0.25) is 0 Å². The smallest absolute Gasteiger partial charge is 0.319 e. The molecule has 0 aliphatic heterocycles. The highest BCUT2D eigenvalue weighted by Crippen LogP contribution is 2.34. The van der Waals surface area contributed by atoms with Gasteiger partial charge in [-0.05, 0) is 13.8 Å². The molecule has 0 saturated carbocycles. The maximum atomic E-state index is 12.5. The molecule has 6 nitrogen and oxygen atoms in total. The highest BCUT2D eigenvalue weighted by atomic mass is 16.5. The third-order valence-electron chi connectivity index (χ3n) is 3.55. The fourth-order valence-electron chi connectivity index (χ4n) is 2.59. The number of hydrogen-bond acceptors (Lipinski definition) is 6. The number of ether oxygens (including phenoxy) is 1. The molecule has 2 N–H and O–H groups in total. The van der Waals surface area contributed by atoms with Gasteiger partial charge in [0.15, 0.2) is 17.1 Å². The second-order valence-corrected chi connectivity index (χ2v) is 4.87. The van der Waals surface area contributed by atoms with Gasteiger partial charge in [-0.3, -0.25) is 19.2 Å². The average Bonchev–Trinajstić information content (AvgIpc) is 2.62. The van der Waals surface area contributed by atoms with Crippen LogP contribution in [0.5, 0.6) is 0 Å². The summed E-state index contributed by atoms with van der Waals surface area (Å²) in [5, 5.41) is 0. The Morgan fingerprint density at radius 2 is 1.67 bits per heavy atom. The molecule has 6 heteroatoms. The molecule has 1 atom stereocenters. The van der Waals surface area contributed by atoms with Gasteiger partial charge in [-0.25, -0.2) is 0 Å². The highest BCUT2D eigenvalue weighted by molar-refractivity contribution is 6.36. The first-order chi connectivity index (χ1) is 9.85. The van der Waals surface area contributed by atoms with E-state index in [9.17, 15) is 19.2 Å². The van der Waals surface area contributed by atoms with Crippen molar-refractivity contribution in [2.75, 3.05) is 6.61 Å². The first-order valence-electron chi connectivity index (χ1n) is 6.50. The molecule has 0 aromatic heterocycles. The molecule has 2 rings (SSSR count). The van der Waals surface area contributed by atoms with E-state index in [0.29, 0.717) is 0 Å². The van der Waals surface area contributed by atoms with E-state index in [4.69, 9.17) is 10.5 Å². The van der Waals surface area contributed by atoms with Gasteiger partial charge in [-0.2, -0.15) is 0 Å². The number of rotatable bonds is 4. The molecule has 21 heavy (non-hydrogen) atoms. The lowest BCUT2D eigenvalue weighted by atomic mass is 9.78. The summed E-state index contributed by atoms with van der Waals surface area (Å²) in [7, 11) is 0. The molecule has 110 valence electrons. The van der Waals surface area contributed by atoms with Crippen LogP contribution in [0.1, 0.15) is 34.6 Å². The average molecular weight is 289 g/mol. The number of hydrogen-bond donors (Lipinski definition) is 1. The van der Waals surface area contributed by atoms with Gasteiger partial charge in [0, 0.05) is 11.1 Å². The van der Waals surface area contributed by atoms with Crippen LogP contribution in [0.3, 0.4) is 0 Å². The Hall–Kier alpha value is -2.34. The minimum absolute atomic E-state index is 0.0218. The van der Waals surface area contributed by atoms with E-state index in [1.54, 1.807) is 19.1 Å². The lowest BCUT2D eigenvalue weighted by Gasteiger charge is -2.27. The van der Waals surface area contributed by atoms with Gasteiger partial charge in [0.1, 0.15) is 11.7 Å². The van der Waals surface area contributed by atoms with E-state index >= 15 is 0 Å². The molecule has 0 amide bonds. The van der Waals surface area contributed by atoms with Crippen molar-refractivity contribution < 1.29 is 23.9 Å². The van der Waals surface area contributed by atoms with Crippen LogP contribution in [0, 0.1) is 5.92 Å². The summed E-state index contributed by atoms with van der Waals surface area (Å²) >= 11 is 0. The summed E-state index contributed by atoms with van der Waals surface area (Å²) in [6.07, 6.45) is 0. The number of nitrogens with two attached hydrogens (primary N) is 1. The number of carbonyl (C=O) groups excluding carboxylic acids is 4. The molecule has 0 bridgehead atoms. The van der Waals surface area contributed by atoms with Crippen molar-refractivity contribution in [2.45, 2.75) is 19.4 Å². The first-order valence-corrected chi connectivity index (χ1v) is 6.50. The molecule has 1 unspecified atom stereocenters. The van der Waals surface area contributed by atoms with Crippen molar-refractivity contribution in [3.05, 3.63) is 35.4 Å². The maximum absolute atomic E-state index is 12.5. The van der Waals surface area contributed by atoms with Gasteiger partial charge < -0.3 is 10.5 Å². The van der Waals surface area contributed by atoms with Crippen molar-refractivity contribution in [1.82, 2.24) is 0 Å². The topological polar surface area (TPSA) is 104 Å². The van der Waals surface area contributed by atoms with Crippen LogP contribution < -0.4 is 5.73 Å². The SMILES string of the molecule is CCOC(=O)C(C(C)=O)C1(N)C(=O)c2ccccc2C1=O. The first kappa shape index (κ1) is 15.1. The lowest BCUT2D eigenvalue weighted by Crippen LogP contribution is -2.61. The zero-order valence-electron chi connectivity index (χ0n) is 11.7. The van der Waals surface area contributed by atoms with Crippen molar-refractivity contribution in [1.29, 1.82) is 0 Å². The maximum Gasteiger partial charge on any atom is 0.319 e. The summed E-state index contributed by atoms with van der Waals surface area (Å²) in [5.41, 5.74) is 3.98. The molecular weight excluding hydrogens is 274 g/mol. The number of carbonyl (C=O) groups is 4. The third kappa shape index (κ3) is 2.08. The molecule has 0 spiro atoms. The second-order valence-electron chi connectivity index (χ2n) is 4.87. The zero-order chi connectivity index (χ0) is 15.8. The summed E-state index contributed by atoms with van der Waals surface area (Å²) in [4.78, 5) is 48.8. The van der Waals surface area contributed by atoms with Crippen LogP contribution in [-0.2, 0) is 14.3 Å². The molecule has 0 saturated heterocycles. The Balaban J connectivity index is 2.56. The number of Topliss-reactive ketones (excluding diaryl/α,β-unsaturated/α-hetero) is 3. The summed E-state index contributed by atoms with van der Waals surface area (Å²) in [6.45, 7) is 2.69. The monoisotopic (exact) mass is 289 g/mol. The molecule has 0 heterocycles.